The number of anilines is 1. The van der Waals surface area contributed by atoms with Gasteiger partial charge in [0, 0.05) is 41.9 Å². The number of sulfonamides is 1. The molecule has 1 amide bonds. The van der Waals surface area contributed by atoms with Gasteiger partial charge in [0.15, 0.2) is 0 Å². The summed E-state index contributed by atoms with van der Waals surface area (Å²) < 4.78 is 32.9. The van der Waals surface area contributed by atoms with Crippen LogP contribution in [-0.4, -0.2) is 58.1 Å². The molecule has 162 valence electrons. The average molecular weight is 472 g/mol. The smallest absolute Gasteiger partial charge is 0.263 e. The van der Waals surface area contributed by atoms with Gasteiger partial charge in [-0.1, -0.05) is 23.2 Å². The molecule has 0 aliphatic carbocycles. The molecule has 1 aliphatic heterocycles. The van der Waals surface area contributed by atoms with Crippen molar-refractivity contribution in [3.63, 3.8) is 0 Å². The molecule has 1 heterocycles. The quantitative estimate of drug-likeness (QED) is 0.646. The van der Waals surface area contributed by atoms with Crippen LogP contribution in [0.15, 0.2) is 47.4 Å². The van der Waals surface area contributed by atoms with E-state index < -0.39 is 10.0 Å². The van der Waals surface area contributed by atoms with E-state index in [0.29, 0.717) is 31.0 Å². The molecule has 1 unspecified atom stereocenters. The molecule has 1 saturated heterocycles. The molecule has 7 nitrogen and oxygen atoms in total. The lowest BCUT2D eigenvalue weighted by Crippen LogP contribution is -2.47. The topological polar surface area (TPSA) is 87.7 Å². The maximum Gasteiger partial charge on any atom is 0.263 e. The number of morpholine rings is 1. The van der Waals surface area contributed by atoms with E-state index in [9.17, 15) is 13.2 Å². The molecule has 10 heteroatoms. The fourth-order valence-corrected chi connectivity index (χ4v) is 4.89. The molecule has 2 N–H and O–H groups in total. The number of carbonyl (C=O) groups is 1. The van der Waals surface area contributed by atoms with Crippen molar-refractivity contribution < 1.29 is 17.9 Å². The molecular weight excluding hydrogens is 449 g/mol. The van der Waals surface area contributed by atoms with Crippen LogP contribution in [0.3, 0.4) is 0 Å². The van der Waals surface area contributed by atoms with Crippen LogP contribution < -0.4 is 10.0 Å². The zero-order chi connectivity index (χ0) is 21.7. The van der Waals surface area contributed by atoms with E-state index >= 15 is 0 Å². The Bertz CT molecular complexity index is 994. The molecular formula is C20H23Cl2N3O4S. The molecule has 3 rings (SSSR count). The van der Waals surface area contributed by atoms with Crippen molar-refractivity contribution >= 4 is 44.8 Å². The highest BCUT2D eigenvalue weighted by molar-refractivity contribution is 7.92. The Morgan fingerprint density at radius 3 is 2.47 bits per heavy atom. The number of ether oxygens (including phenoxy) is 1. The van der Waals surface area contributed by atoms with Crippen molar-refractivity contribution in [1.29, 1.82) is 0 Å². The first-order chi connectivity index (χ1) is 14.3. The second-order valence-corrected chi connectivity index (χ2v) is 9.46. The highest BCUT2D eigenvalue weighted by Crippen LogP contribution is 2.27. The lowest BCUT2D eigenvalue weighted by molar-refractivity contribution is 0.0204. The summed E-state index contributed by atoms with van der Waals surface area (Å²) in [5.74, 6) is -0.220. The maximum atomic E-state index is 12.6. The second kappa shape index (κ2) is 9.98. The molecule has 1 fully saturated rings. The summed E-state index contributed by atoms with van der Waals surface area (Å²) in [6.45, 7) is 5.68. The van der Waals surface area contributed by atoms with Crippen molar-refractivity contribution in [3.05, 3.63) is 58.1 Å². The Morgan fingerprint density at radius 2 is 1.80 bits per heavy atom. The van der Waals surface area contributed by atoms with E-state index in [1.165, 1.54) is 30.3 Å². The highest BCUT2D eigenvalue weighted by atomic mass is 35.5. The summed E-state index contributed by atoms with van der Waals surface area (Å²) in [6.07, 6.45) is 0. The van der Waals surface area contributed by atoms with Gasteiger partial charge in [-0.15, -0.1) is 0 Å². The van der Waals surface area contributed by atoms with Gasteiger partial charge in [-0.25, -0.2) is 8.42 Å². The van der Waals surface area contributed by atoms with Crippen molar-refractivity contribution in [2.24, 2.45) is 0 Å². The predicted molar refractivity (Wildman–Crippen MR) is 118 cm³/mol. The van der Waals surface area contributed by atoms with Crippen molar-refractivity contribution in [2.45, 2.75) is 17.9 Å². The first-order valence-electron chi connectivity index (χ1n) is 9.44. The summed E-state index contributed by atoms with van der Waals surface area (Å²) in [4.78, 5) is 14.6. The van der Waals surface area contributed by atoms with Gasteiger partial charge in [0.2, 0.25) is 0 Å². The summed E-state index contributed by atoms with van der Waals surface area (Å²) in [7, 11) is -3.92. The van der Waals surface area contributed by atoms with E-state index in [1.54, 1.807) is 12.1 Å². The van der Waals surface area contributed by atoms with Gasteiger partial charge in [-0.2, -0.15) is 0 Å². The van der Waals surface area contributed by atoms with Gasteiger partial charge in [0.05, 0.1) is 18.2 Å². The van der Waals surface area contributed by atoms with E-state index in [2.05, 4.69) is 21.9 Å². The SMILES string of the molecule is CC(CNC(=O)c1ccc(NS(=O)(=O)c2cc(Cl)ccc2Cl)cc1)N1CCOCC1. The van der Waals surface area contributed by atoms with Gasteiger partial charge >= 0.3 is 0 Å². The Kier molecular flexibility index (Phi) is 7.60. The third-order valence-corrected chi connectivity index (χ3v) is 6.91. The molecule has 0 saturated carbocycles. The zero-order valence-corrected chi connectivity index (χ0v) is 18.7. The fraction of sp³-hybridized carbons (Fsp3) is 0.350. The minimum absolute atomic E-state index is 0.0669. The third kappa shape index (κ3) is 5.86. The van der Waals surface area contributed by atoms with Crippen LogP contribution in [0.25, 0.3) is 0 Å². The van der Waals surface area contributed by atoms with Crippen LogP contribution in [0, 0.1) is 0 Å². The summed E-state index contributed by atoms with van der Waals surface area (Å²) in [6, 6.07) is 10.6. The number of rotatable bonds is 7. The highest BCUT2D eigenvalue weighted by Gasteiger charge is 2.20. The maximum absolute atomic E-state index is 12.6. The molecule has 1 atom stereocenters. The Morgan fingerprint density at radius 1 is 1.13 bits per heavy atom. The van der Waals surface area contributed by atoms with Gasteiger partial charge in [0.25, 0.3) is 15.9 Å². The molecule has 0 aromatic heterocycles. The minimum atomic E-state index is -3.92. The van der Waals surface area contributed by atoms with Crippen LogP contribution in [0.5, 0.6) is 0 Å². The average Bonchev–Trinajstić information content (AvgIpc) is 2.74. The van der Waals surface area contributed by atoms with Gasteiger partial charge in [0.1, 0.15) is 4.90 Å². The molecule has 0 radical (unpaired) electrons. The van der Waals surface area contributed by atoms with Crippen LogP contribution in [-0.2, 0) is 14.8 Å². The van der Waals surface area contributed by atoms with E-state index in [-0.39, 0.29) is 26.9 Å². The number of hydrogen-bond acceptors (Lipinski definition) is 5. The zero-order valence-electron chi connectivity index (χ0n) is 16.4. The number of amides is 1. The fourth-order valence-electron chi connectivity index (χ4n) is 3.07. The Balaban J connectivity index is 1.60. The number of benzene rings is 2. The normalized spacial score (nSPS) is 16.1. The Hall–Kier alpha value is -1.84. The first kappa shape index (κ1) is 22.8. The molecule has 1 aliphatic rings. The largest absolute Gasteiger partial charge is 0.379 e. The van der Waals surface area contributed by atoms with Crippen LogP contribution in [0.2, 0.25) is 10.0 Å². The van der Waals surface area contributed by atoms with Crippen molar-refractivity contribution in [3.8, 4) is 0 Å². The molecule has 2 aromatic carbocycles. The minimum Gasteiger partial charge on any atom is -0.379 e. The van der Waals surface area contributed by atoms with Crippen LogP contribution in [0.1, 0.15) is 17.3 Å². The number of carbonyl (C=O) groups excluding carboxylic acids is 1. The number of nitrogens with one attached hydrogen (secondary N) is 2. The first-order valence-corrected chi connectivity index (χ1v) is 11.7. The van der Waals surface area contributed by atoms with Gasteiger partial charge in [-0.05, 0) is 49.4 Å². The second-order valence-electron chi connectivity index (χ2n) is 6.96. The van der Waals surface area contributed by atoms with Crippen LogP contribution in [0.4, 0.5) is 5.69 Å². The Labute approximate surface area is 186 Å². The van der Waals surface area contributed by atoms with E-state index in [4.69, 9.17) is 27.9 Å². The van der Waals surface area contributed by atoms with E-state index in [0.717, 1.165) is 13.1 Å². The number of hydrogen-bond donors (Lipinski definition) is 2. The third-order valence-electron chi connectivity index (χ3n) is 4.81. The van der Waals surface area contributed by atoms with Gasteiger partial charge < -0.3 is 10.1 Å². The molecule has 2 aromatic rings. The lowest BCUT2D eigenvalue weighted by Gasteiger charge is -2.32. The standard InChI is InChI=1S/C20H23Cl2N3O4S/c1-14(25-8-10-29-11-9-25)13-23-20(26)15-2-5-17(6-3-15)24-30(27,28)19-12-16(21)4-7-18(19)22/h2-7,12,14,24H,8-11,13H2,1H3,(H,23,26). The monoisotopic (exact) mass is 471 g/mol. The summed E-state index contributed by atoms with van der Waals surface area (Å²) >= 11 is 11.9. The summed E-state index contributed by atoms with van der Waals surface area (Å²) in [5, 5.41) is 3.24. The molecule has 0 bridgehead atoms. The van der Waals surface area contributed by atoms with Crippen molar-refractivity contribution in [1.82, 2.24) is 10.2 Å². The number of halogens is 2. The predicted octanol–water partition coefficient (Wildman–Crippen LogP) is 3.24. The van der Waals surface area contributed by atoms with Crippen molar-refractivity contribution in [2.75, 3.05) is 37.6 Å². The summed E-state index contributed by atoms with van der Waals surface area (Å²) in [5.41, 5.74) is 0.747. The van der Waals surface area contributed by atoms with Gasteiger partial charge in [-0.3, -0.25) is 14.4 Å². The molecule has 30 heavy (non-hydrogen) atoms. The number of nitrogens with zero attached hydrogens (tertiary/aromatic N) is 1. The molecule has 0 spiro atoms. The van der Waals surface area contributed by atoms with Crippen LogP contribution >= 0.6 is 23.2 Å². The lowest BCUT2D eigenvalue weighted by atomic mass is 10.2. The van der Waals surface area contributed by atoms with E-state index in [1.807, 2.05) is 0 Å².